The monoisotopic (exact) mass is 254 g/mol. The highest BCUT2D eigenvalue weighted by atomic mass is 14.9. The molecule has 0 atom stereocenters. The van der Waals surface area contributed by atoms with Crippen molar-refractivity contribution in [3.8, 4) is 11.3 Å². The summed E-state index contributed by atoms with van der Waals surface area (Å²) in [5, 5.41) is 0. The number of aryl methyl sites for hydroxylation is 3. The van der Waals surface area contributed by atoms with Crippen molar-refractivity contribution in [3.63, 3.8) is 0 Å². The zero-order valence-electron chi connectivity index (χ0n) is 12.9. The maximum absolute atomic E-state index is 2.32. The minimum Gasteiger partial charge on any atom is -0.201 e. The molecule has 0 aliphatic heterocycles. The van der Waals surface area contributed by atoms with Crippen LogP contribution in [0.15, 0.2) is 36.5 Å². The van der Waals surface area contributed by atoms with E-state index in [-0.39, 0.29) is 5.41 Å². The molecule has 0 amide bonds. The Bertz CT molecular complexity index is 604. The second-order valence-corrected chi connectivity index (χ2v) is 6.48. The summed E-state index contributed by atoms with van der Waals surface area (Å²) in [4.78, 5) is 0. The largest absolute Gasteiger partial charge is 0.212 e. The van der Waals surface area contributed by atoms with Crippen molar-refractivity contribution in [2.45, 2.75) is 40.0 Å². The second-order valence-electron chi connectivity index (χ2n) is 6.48. The summed E-state index contributed by atoms with van der Waals surface area (Å²) in [6.07, 6.45) is 2.13. The molecule has 1 aromatic heterocycles. The first-order chi connectivity index (χ1) is 8.79. The first-order valence-electron chi connectivity index (χ1n) is 6.87. The van der Waals surface area contributed by atoms with Gasteiger partial charge in [-0.2, -0.15) is 0 Å². The van der Waals surface area contributed by atoms with E-state index in [9.17, 15) is 0 Å². The highest BCUT2D eigenvalue weighted by molar-refractivity contribution is 5.62. The van der Waals surface area contributed by atoms with Crippen LogP contribution in [0.1, 0.15) is 37.5 Å². The highest BCUT2D eigenvalue weighted by Crippen LogP contribution is 2.28. The molecule has 1 heterocycles. The van der Waals surface area contributed by atoms with E-state index in [4.69, 9.17) is 0 Å². The van der Waals surface area contributed by atoms with Crippen molar-refractivity contribution >= 4 is 0 Å². The molecule has 0 bridgehead atoms. The summed E-state index contributed by atoms with van der Waals surface area (Å²) in [5.74, 6) is 0. The van der Waals surface area contributed by atoms with Crippen LogP contribution in [-0.4, -0.2) is 0 Å². The van der Waals surface area contributed by atoms with Gasteiger partial charge in [0.15, 0.2) is 6.20 Å². The van der Waals surface area contributed by atoms with E-state index in [0.717, 1.165) is 0 Å². The Morgan fingerprint density at radius 1 is 0.947 bits per heavy atom. The lowest BCUT2D eigenvalue weighted by Gasteiger charge is -2.20. The van der Waals surface area contributed by atoms with E-state index in [1.807, 2.05) is 0 Å². The first kappa shape index (κ1) is 13.8. The number of nitrogens with zero attached hydrogens (tertiary/aromatic N) is 1. The quantitative estimate of drug-likeness (QED) is 0.675. The van der Waals surface area contributed by atoms with Gasteiger partial charge >= 0.3 is 0 Å². The number of rotatable bonds is 1. The van der Waals surface area contributed by atoms with Gasteiger partial charge in [0, 0.05) is 17.7 Å². The van der Waals surface area contributed by atoms with Crippen LogP contribution in [0.25, 0.3) is 11.3 Å². The molecule has 1 heteroatoms. The number of benzene rings is 1. The van der Waals surface area contributed by atoms with Gasteiger partial charge < -0.3 is 0 Å². The molecule has 2 rings (SSSR count). The molecule has 0 saturated heterocycles. The molecule has 1 aromatic carbocycles. The lowest BCUT2D eigenvalue weighted by Crippen LogP contribution is -2.30. The predicted molar refractivity (Wildman–Crippen MR) is 81.2 cm³/mol. The topological polar surface area (TPSA) is 3.88 Å². The van der Waals surface area contributed by atoms with Crippen molar-refractivity contribution < 1.29 is 4.57 Å². The molecule has 0 radical (unpaired) electrons. The third-order valence-corrected chi connectivity index (χ3v) is 3.67. The molecule has 0 spiro atoms. The van der Waals surface area contributed by atoms with Gasteiger partial charge in [-0.3, -0.25) is 0 Å². The predicted octanol–water partition coefficient (Wildman–Crippen LogP) is 4.09. The second kappa shape index (κ2) is 4.80. The average molecular weight is 254 g/mol. The van der Waals surface area contributed by atoms with Crippen LogP contribution in [0, 0.1) is 13.8 Å². The molecule has 0 saturated carbocycles. The van der Waals surface area contributed by atoms with E-state index in [1.165, 1.54) is 27.9 Å². The SMILES string of the molecule is Cc1cc[n+](C)c(-c2ccc(C(C)(C)C)cc2C)c1. The van der Waals surface area contributed by atoms with Gasteiger partial charge in [-0.1, -0.05) is 32.9 Å². The normalized spacial score (nSPS) is 11.7. The minimum atomic E-state index is 0.206. The molecular formula is C18H24N+. The Hall–Kier alpha value is -1.63. The Morgan fingerprint density at radius 2 is 1.63 bits per heavy atom. The fraction of sp³-hybridized carbons (Fsp3) is 0.389. The van der Waals surface area contributed by atoms with E-state index in [0.29, 0.717) is 0 Å². The Balaban J connectivity index is 2.55. The Kier molecular flexibility index (Phi) is 3.49. The van der Waals surface area contributed by atoms with E-state index in [2.05, 4.69) is 82.8 Å². The van der Waals surface area contributed by atoms with Crippen LogP contribution in [-0.2, 0) is 12.5 Å². The van der Waals surface area contributed by atoms with Crippen LogP contribution in [0.4, 0.5) is 0 Å². The first-order valence-corrected chi connectivity index (χ1v) is 6.87. The van der Waals surface area contributed by atoms with Gasteiger partial charge in [0.05, 0.1) is 0 Å². The summed E-state index contributed by atoms with van der Waals surface area (Å²) < 4.78 is 2.19. The van der Waals surface area contributed by atoms with Gasteiger partial charge in [0.25, 0.3) is 0 Å². The highest BCUT2D eigenvalue weighted by Gasteiger charge is 2.17. The van der Waals surface area contributed by atoms with Gasteiger partial charge in [0.2, 0.25) is 5.69 Å². The van der Waals surface area contributed by atoms with Crippen LogP contribution in [0.3, 0.4) is 0 Å². The van der Waals surface area contributed by atoms with Crippen LogP contribution in [0.5, 0.6) is 0 Å². The molecule has 2 aromatic rings. The average Bonchev–Trinajstić information content (AvgIpc) is 2.31. The number of pyridine rings is 1. The third kappa shape index (κ3) is 2.86. The summed E-state index contributed by atoms with van der Waals surface area (Å²) >= 11 is 0. The van der Waals surface area contributed by atoms with E-state index < -0.39 is 0 Å². The van der Waals surface area contributed by atoms with Crippen molar-refractivity contribution in [3.05, 3.63) is 53.2 Å². The standard InChI is InChI=1S/C18H24N/c1-13-9-10-19(6)17(11-13)16-8-7-15(12-14(16)2)18(3,4)5/h7-12H,1-6H3/q+1. The Labute approximate surface area is 116 Å². The summed E-state index contributed by atoms with van der Waals surface area (Å²) in [7, 11) is 2.10. The maximum Gasteiger partial charge on any atom is 0.212 e. The molecule has 1 nitrogen and oxygen atoms in total. The van der Waals surface area contributed by atoms with Crippen molar-refractivity contribution in [2.75, 3.05) is 0 Å². The zero-order chi connectivity index (χ0) is 14.2. The summed E-state index contributed by atoms with van der Waals surface area (Å²) in [6.45, 7) is 11.1. The van der Waals surface area contributed by atoms with E-state index in [1.54, 1.807) is 0 Å². The zero-order valence-corrected chi connectivity index (χ0v) is 12.9. The van der Waals surface area contributed by atoms with Gasteiger partial charge in [-0.15, -0.1) is 0 Å². The van der Waals surface area contributed by atoms with Crippen molar-refractivity contribution in [1.29, 1.82) is 0 Å². The summed E-state index contributed by atoms with van der Waals surface area (Å²) in [5.41, 5.74) is 6.83. The molecule has 19 heavy (non-hydrogen) atoms. The van der Waals surface area contributed by atoms with Gasteiger partial charge in [0.1, 0.15) is 7.05 Å². The number of hydrogen-bond donors (Lipinski definition) is 0. The fourth-order valence-corrected chi connectivity index (χ4v) is 2.36. The lowest BCUT2D eigenvalue weighted by atomic mass is 9.85. The molecule has 0 fully saturated rings. The van der Waals surface area contributed by atoms with Crippen LogP contribution >= 0.6 is 0 Å². The van der Waals surface area contributed by atoms with Gasteiger partial charge in [-0.25, -0.2) is 4.57 Å². The third-order valence-electron chi connectivity index (χ3n) is 3.67. The van der Waals surface area contributed by atoms with Crippen LogP contribution < -0.4 is 4.57 Å². The molecule has 0 unspecified atom stereocenters. The fourth-order valence-electron chi connectivity index (χ4n) is 2.36. The maximum atomic E-state index is 2.32. The summed E-state index contributed by atoms with van der Waals surface area (Å²) in [6, 6.07) is 11.2. The van der Waals surface area contributed by atoms with Gasteiger partial charge in [-0.05, 0) is 42.0 Å². The lowest BCUT2D eigenvalue weighted by molar-refractivity contribution is -0.660. The molecule has 0 aliphatic carbocycles. The van der Waals surface area contributed by atoms with Crippen molar-refractivity contribution in [1.82, 2.24) is 0 Å². The van der Waals surface area contributed by atoms with Crippen LogP contribution in [0.2, 0.25) is 0 Å². The molecular weight excluding hydrogens is 230 g/mol. The van der Waals surface area contributed by atoms with Crippen molar-refractivity contribution in [2.24, 2.45) is 7.05 Å². The number of aromatic nitrogens is 1. The molecule has 0 aliphatic rings. The number of hydrogen-bond acceptors (Lipinski definition) is 0. The molecule has 0 N–H and O–H groups in total. The molecule has 100 valence electrons. The smallest absolute Gasteiger partial charge is 0.201 e. The Morgan fingerprint density at radius 3 is 2.21 bits per heavy atom. The minimum absolute atomic E-state index is 0.206. The van der Waals surface area contributed by atoms with E-state index >= 15 is 0 Å².